The highest BCUT2D eigenvalue weighted by Crippen LogP contribution is 2.35. The van der Waals surface area contributed by atoms with Gasteiger partial charge in [0.2, 0.25) is 0 Å². The lowest BCUT2D eigenvalue weighted by atomic mass is 9.75. The summed E-state index contributed by atoms with van der Waals surface area (Å²) in [6.45, 7) is 8.20. The molecule has 0 spiro atoms. The van der Waals surface area contributed by atoms with Gasteiger partial charge in [-0.3, -0.25) is 0 Å². The summed E-state index contributed by atoms with van der Waals surface area (Å²) in [5, 5.41) is 10.4. The molecule has 3 heteroatoms. The van der Waals surface area contributed by atoms with Gasteiger partial charge >= 0.3 is 0 Å². The Balaban J connectivity index is 1.74. The minimum atomic E-state index is -0.355. The summed E-state index contributed by atoms with van der Waals surface area (Å²) >= 11 is 0. The molecule has 1 N–H and O–H groups in total. The van der Waals surface area contributed by atoms with Crippen LogP contribution in [0.4, 0.5) is 0 Å². The number of aliphatic hydroxyl groups is 1. The first-order chi connectivity index (χ1) is 11.0. The zero-order valence-electron chi connectivity index (χ0n) is 15.8. The molecule has 0 aromatic rings. The Kier molecular flexibility index (Phi) is 7.84. The average Bonchev–Trinajstić information content (AvgIpc) is 2.53. The minimum absolute atomic E-state index is 0.341. The Morgan fingerprint density at radius 1 is 1.09 bits per heavy atom. The smallest absolute Gasteiger partial charge is 0.0900 e. The lowest BCUT2D eigenvalue weighted by molar-refractivity contribution is -0.0749. The van der Waals surface area contributed by atoms with E-state index in [1.807, 2.05) is 0 Å². The molecule has 4 atom stereocenters. The van der Waals surface area contributed by atoms with Crippen LogP contribution >= 0.6 is 0 Å². The summed E-state index contributed by atoms with van der Waals surface area (Å²) in [5.41, 5.74) is 0. The zero-order chi connectivity index (χ0) is 16.8. The van der Waals surface area contributed by atoms with Crippen LogP contribution in [0.1, 0.15) is 72.1 Å². The Morgan fingerprint density at radius 2 is 1.78 bits per heavy atom. The van der Waals surface area contributed by atoms with Gasteiger partial charge in [0.1, 0.15) is 0 Å². The lowest BCUT2D eigenvalue weighted by Gasteiger charge is -2.38. The molecule has 2 aliphatic carbocycles. The summed E-state index contributed by atoms with van der Waals surface area (Å²) < 4.78 is 6.20. The van der Waals surface area contributed by atoms with Gasteiger partial charge in [-0.25, -0.2) is 0 Å². The number of nitrogens with zero attached hydrogens (tertiary/aromatic N) is 1. The van der Waals surface area contributed by atoms with Gasteiger partial charge in [-0.15, -0.1) is 0 Å². The van der Waals surface area contributed by atoms with Crippen molar-refractivity contribution in [1.82, 2.24) is 4.90 Å². The average molecular weight is 326 g/mol. The Morgan fingerprint density at radius 3 is 2.43 bits per heavy atom. The topological polar surface area (TPSA) is 32.7 Å². The molecule has 0 saturated heterocycles. The van der Waals surface area contributed by atoms with Crippen molar-refractivity contribution in [3.05, 3.63) is 0 Å². The van der Waals surface area contributed by atoms with Crippen molar-refractivity contribution >= 4 is 0 Å². The molecule has 3 nitrogen and oxygen atoms in total. The number of hydrogen-bond donors (Lipinski definition) is 1. The van der Waals surface area contributed by atoms with E-state index < -0.39 is 0 Å². The number of hydrogen-bond acceptors (Lipinski definition) is 3. The predicted molar refractivity (Wildman–Crippen MR) is 96.6 cm³/mol. The largest absolute Gasteiger partial charge is 0.389 e. The molecule has 136 valence electrons. The number of rotatable bonds is 7. The van der Waals surface area contributed by atoms with Gasteiger partial charge in [0.15, 0.2) is 0 Å². The van der Waals surface area contributed by atoms with E-state index in [0.717, 1.165) is 18.9 Å². The Hall–Kier alpha value is -0.120. The van der Waals surface area contributed by atoms with Crippen LogP contribution in [0.2, 0.25) is 0 Å². The lowest BCUT2D eigenvalue weighted by Crippen LogP contribution is -2.42. The molecule has 2 aliphatic rings. The van der Waals surface area contributed by atoms with Gasteiger partial charge in [-0.1, -0.05) is 46.5 Å². The first-order valence-electron chi connectivity index (χ1n) is 9.97. The van der Waals surface area contributed by atoms with Gasteiger partial charge in [0.05, 0.1) is 18.8 Å². The summed E-state index contributed by atoms with van der Waals surface area (Å²) in [6.07, 6.45) is 10.4. The van der Waals surface area contributed by atoms with Gasteiger partial charge in [0.25, 0.3) is 0 Å². The summed E-state index contributed by atoms with van der Waals surface area (Å²) in [7, 11) is 2.17. The first kappa shape index (κ1) is 19.2. The van der Waals surface area contributed by atoms with E-state index in [1.54, 1.807) is 0 Å². The van der Waals surface area contributed by atoms with Crippen LogP contribution in [0.15, 0.2) is 0 Å². The van der Waals surface area contributed by atoms with Gasteiger partial charge in [-0.2, -0.15) is 0 Å². The van der Waals surface area contributed by atoms with Crippen molar-refractivity contribution in [3.63, 3.8) is 0 Å². The van der Waals surface area contributed by atoms with Crippen LogP contribution in [0.3, 0.4) is 0 Å². The van der Waals surface area contributed by atoms with E-state index in [-0.39, 0.29) is 6.10 Å². The molecule has 0 aliphatic heterocycles. The highest BCUT2D eigenvalue weighted by molar-refractivity contribution is 4.82. The van der Waals surface area contributed by atoms with Crippen LogP contribution in [0.5, 0.6) is 0 Å². The fourth-order valence-corrected chi connectivity index (χ4v) is 4.60. The quantitative estimate of drug-likeness (QED) is 0.765. The fourth-order valence-electron chi connectivity index (χ4n) is 4.60. The van der Waals surface area contributed by atoms with Crippen molar-refractivity contribution in [2.24, 2.45) is 17.8 Å². The third kappa shape index (κ3) is 6.03. The molecular formula is C20H39NO2. The molecule has 0 bridgehead atoms. The molecule has 0 aromatic heterocycles. The van der Waals surface area contributed by atoms with Crippen molar-refractivity contribution in [1.29, 1.82) is 0 Å². The normalized spacial score (nSPS) is 31.7. The maximum atomic E-state index is 10.4. The second kappa shape index (κ2) is 9.39. The highest BCUT2D eigenvalue weighted by Gasteiger charge is 2.32. The molecular weight excluding hydrogens is 286 g/mol. The predicted octanol–water partition coefficient (Wildman–Crippen LogP) is 4.09. The van der Waals surface area contributed by atoms with E-state index >= 15 is 0 Å². The maximum absolute atomic E-state index is 10.4. The first-order valence-corrected chi connectivity index (χ1v) is 9.97. The van der Waals surface area contributed by atoms with Gasteiger partial charge in [0, 0.05) is 12.6 Å². The van der Waals surface area contributed by atoms with E-state index in [4.69, 9.17) is 4.74 Å². The molecule has 0 heterocycles. The Bertz CT molecular complexity index is 328. The zero-order valence-corrected chi connectivity index (χ0v) is 15.8. The highest BCUT2D eigenvalue weighted by atomic mass is 16.5. The van der Waals surface area contributed by atoms with Crippen LogP contribution in [0.25, 0.3) is 0 Å². The molecule has 0 unspecified atom stereocenters. The van der Waals surface area contributed by atoms with E-state index in [0.29, 0.717) is 30.6 Å². The second-order valence-corrected chi connectivity index (χ2v) is 8.58. The second-order valence-electron chi connectivity index (χ2n) is 8.58. The molecule has 2 fully saturated rings. The summed E-state index contributed by atoms with van der Waals surface area (Å²) in [5.74, 6) is 2.10. The molecule has 0 aromatic carbocycles. The summed E-state index contributed by atoms with van der Waals surface area (Å²) in [6, 6.07) is 0.663. The van der Waals surface area contributed by atoms with Gasteiger partial charge in [-0.05, 0) is 50.5 Å². The van der Waals surface area contributed by atoms with E-state index in [2.05, 4.69) is 32.7 Å². The number of likely N-dealkylation sites (N-methyl/N-ethyl adjacent to an activating group) is 1. The third-order valence-corrected chi connectivity index (χ3v) is 6.16. The van der Waals surface area contributed by atoms with Crippen molar-refractivity contribution < 1.29 is 9.84 Å². The fraction of sp³-hybridized carbons (Fsp3) is 1.00. The molecule has 0 amide bonds. The standard InChI is InChI=1S/C20H39NO2/c1-15(2)19-11-10-16(3)12-20(19)23-14-18(22)13-21(4)17-8-6-5-7-9-17/h15-20,22H,5-14H2,1-4H3/t16-,18-,19-,20+/m1/s1. The monoisotopic (exact) mass is 325 g/mol. The van der Waals surface area contributed by atoms with E-state index in [9.17, 15) is 5.11 Å². The van der Waals surface area contributed by atoms with Crippen LogP contribution in [-0.2, 0) is 4.74 Å². The SMILES string of the molecule is CC(C)[C@H]1CC[C@@H](C)C[C@@H]1OC[C@H](O)CN(C)C1CCCCC1. The number of ether oxygens (including phenoxy) is 1. The van der Waals surface area contributed by atoms with Crippen molar-refractivity contribution in [2.75, 3.05) is 20.2 Å². The van der Waals surface area contributed by atoms with Crippen LogP contribution < -0.4 is 0 Å². The van der Waals surface area contributed by atoms with Crippen molar-refractivity contribution in [3.8, 4) is 0 Å². The van der Waals surface area contributed by atoms with Crippen LogP contribution in [0, 0.1) is 17.8 Å². The van der Waals surface area contributed by atoms with Crippen LogP contribution in [-0.4, -0.2) is 48.5 Å². The molecule has 0 radical (unpaired) electrons. The Labute approximate surface area is 143 Å². The summed E-state index contributed by atoms with van der Waals surface area (Å²) in [4.78, 5) is 2.36. The molecule has 2 rings (SSSR count). The number of aliphatic hydroxyl groups excluding tert-OH is 1. The maximum Gasteiger partial charge on any atom is 0.0900 e. The minimum Gasteiger partial charge on any atom is -0.389 e. The van der Waals surface area contributed by atoms with E-state index in [1.165, 1.54) is 44.9 Å². The third-order valence-electron chi connectivity index (χ3n) is 6.16. The molecule has 23 heavy (non-hydrogen) atoms. The van der Waals surface area contributed by atoms with Gasteiger partial charge < -0.3 is 14.7 Å². The molecule has 2 saturated carbocycles. The van der Waals surface area contributed by atoms with Crippen molar-refractivity contribution in [2.45, 2.75) is 90.4 Å².